The molecular formula is C23H33N3O. The van der Waals surface area contributed by atoms with Crippen molar-refractivity contribution in [2.75, 3.05) is 39.3 Å². The summed E-state index contributed by atoms with van der Waals surface area (Å²) in [5, 5.41) is 0. The van der Waals surface area contributed by atoms with Crippen molar-refractivity contribution >= 4 is 5.91 Å². The number of fused-ring (bicyclic) bond motifs is 1. The Balaban J connectivity index is 1.13. The quantitative estimate of drug-likeness (QED) is 0.822. The minimum Gasteiger partial charge on any atom is -0.342 e. The van der Waals surface area contributed by atoms with Gasteiger partial charge in [0.15, 0.2) is 0 Å². The van der Waals surface area contributed by atoms with Gasteiger partial charge in [0.05, 0.1) is 5.92 Å². The smallest absolute Gasteiger partial charge is 0.226 e. The molecule has 0 radical (unpaired) electrons. The first-order chi connectivity index (χ1) is 13.3. The van der Waals surface area contributed by atoms with Crippen LogP contribution in [0.25, 0.3) is 0 Å². The number of carbonyl (C=O) groups is 1. The van der Waals surface area contributed by atoms with Gasteiger partial charge >= 0.3 is 0 Å². The lowest BCUT2D eigenvalue weighted by Crippen LogP contribution is -2.54. The SMILES string of the molecule is O=C([C@H]1CCCN(C2CCN(C3Cc4ccccc4C3)CC2)C1)N1CCC1. The lowest BCUT2D eigenvalue weighted by atomic mass is 9.91. The van der Waals surface area contributed by atoms with Gasteiger partial charge in [0.2, 0.25) is 5.91 Å². The average Bonchev–Trinajstić information content (AvgIpc) is 3.11. The topological polar surface area (TPSA) is 26.8 Å². The molecule has 146 valence electrons. The van der Waals surface area contributed by atoms with Gasteiger partial charge in [-0.15, -0.1) is 0 Å². The third-order valence-electron chi connectivity index (χ3n) is 7.53. The van der Waals surface area contributed by atoms with E-state index in [9.17, 15) is 4.79 Å². The minimum atomic E-state index is 0.265. The normalized spacial score (nSPS) is 28.1. The molecule has 1 aromatic carbocycles. The van der Waals surface area contributed by atoms with E-state index < -0.39 is 0 Å². The van der Waals surface area contributed by atoms with Crippen LogP contribution in [-0.4, -0.2) is 72.0 Å². The first-order valence-corrected chi connectivity index (χ1v) is 11.1. The van der Waals surface area contributed by atoms with Gasteiger partial charge in [-0.3, -0.25) is 14.6 Å². The van der Waals surface area contributed by atoms with Crippen molar-refractivity contribution in [1.29, 1.82) is 0 Å². The molecule has 1 aromatic rings. The van der Waals surface area contributed by atoms with Gasteiger partial charge in [-0.25, -0.2) is 0 Å². The predicted molar refractivity (Wildman–Crippen MR) is 108 cm³/mol. The lowest BCUT2D eigenvalue weighted by molar-refractivity contribution is -0.141. The highest BCUT2D eigenvalue weighted by molar-refractivity contribution is 5.79. The van der Waals surface area contributed by atoms with Crippen LogP contribution in [0.5, 0.6) is 0 Å². The number of hydrogen-bond donors (Lipinski definition) is 0. The van der Waals surface area contributed by atoms with E-state index >= 15 is 0 Å². The van der Waals surface area contributed by atoms with Gasteiger partial charge in [-0.2, -0.15) is 0 Å². The van der Waals surface area contributed by atoms with E-state index in [1.165, 1.54) is 58.2 Å². The molecule has 3 saturated heterocycles. The van der Waals surface area contributed by atoms with Gasteiger partial charge in [0.1, 0.15) is 0 Å². The van der Waals surface area contributed by atoms with Crippen LogP contribution in [0.1, 0.15) is 43.2 Å². The largest absolute Gasteiger partial charge is 0.342 e. The molecule has 0 saturated carbocycles. The summed E-state index contributed by atoms with van der Waals surface area (Å²) in [5.41, 5.74) is 3.13. The summed E-state index contributed by atoms with van der Waals surface area (Å²) in [4.78, 5) is 20.1. The fourth-order valence-corrected chi connectivity index (χ4v) is 5.74. The Morgan fingerprint density at radius 2 is 1.48 bits per heavy atom. The van der Waals surface area contributed by atoms with Crippen LogP contribution >= 0.6 is 0 Å². The van der Waals surface area contributed by atoms with Crippen molar-refractivity contribution in [3.8, 4) is 0 Å². The second kappa shape index (κ2) is 7.56. The standard InChI is InChI=1S/C23H33N3O/c27-23(25-11-4-12-25)20-7-3-10-26(17-20)21-8-13-24(14-9-21)22-15-18-5-1-2-6-19(18)16-22/h1-2,5-6,20-22H,3-4,7-17H2/t20-/m0/s1. The molecule has 1 aliphatic carbocycles. The molecule has 0 spiro atoms. The zero-order valence-electron chi connectivity index (χ0n) is 16.5. The zero-order valence-corrected chi connectivity index (χ0v) is 16.5. The fraction of sp³-hybridized carbons (Fsp3) is 0.696. The third-order valence-corrected chi connectivity index (χ3v) is 7.53. The Morgan fingerprint density at radius 3 is 2.11 bits per heavy atom. The first kappa shape index (κ1) is 17.7. The predicted octanol–water partition coefficient (Wildman–Crippen LogP) is 2.56. The van der Waals surface area contributed by atoms with E-state index in [1.54, 1.807) is 11.1 Å². The number of nitrogens with zero attached hydrogens (tertiary/aromatic N) is 3. The van der Waals surface area contributed by atoms with E-state index in [4.69, 9.17) is 0 Å². The molecule has 0 N–H and O–H groups in total. The number of benzene rings is 1. The Hall–Kier alpha value is -1.39. The van der Waals surface area contributed by atoms with Crippen molar-refractivity contribution in [3.63, 3.8) is 0 Å². The second-order valence-corrected chi connectivity index (χ2v) is 9.11. The van der Waals surface area contributed by atoms with Crippen LogP contribution in [0.3, 0.4) is 0 Å². The van der Waals surface area contributed by atoms with Crippen LogP contribution in [0.2, 0.25) is 0 Å². The molecule has 5 rings (SSSR count). The van der Waals surface area contributed by atoms with Crippen LogP contribution in [0.4, 0.5) is 0 Å². The van der Waals surface area contributed by atoms with E-state index in [0.29, 0.717) is 18.0 Å². The maximum absolute atomic E-state index is 12.6. The van der Waals surface area contributed by atoms with E-state index in [0.717, 1.165) is 26.1 Å². The number of carbonyl (C=O) groups excluding carboxylic acids is 1. The lowest BCUT2D eigenvalue weighted by Gasteiger charge is -2.44. The molecule has 1 atom stereocenters. The summed E-state index contributed by atoms with van der Waals surface area (Å²) in [7, 11) is 0. The number of hydrogen-bond acceptors (Lipinski definition) is 3. The molecule has 4 nitrogen and oxygen atoms in total. The van der Waals surface area contributed by atoms with Crippen LogP contribution in [0, 0.1) is 5.92 Å². The molecule has 0 unspecified atom stereocenters. The van der Waals surface area contributed by atoms with Crippen molar-refractivity contribution in [2.24, 2.45) is 5.92 Å². The highest BCUT2D eigenvalue weighted by Crippen LogP contribution is 2.30. The maximum atomic E-state index is 12.6. The van der Waals surface area contributed by atoms with Crippen LogP contribution < -0.4 is 0 Å². The van der Waals surface area contributed by atoms with Crippen molar-refractivity contribution in [1.82, 2.24) is 14.7 Å². The van der Waals surface area contributed by atoms with Crippen molar-refractivity contribution < 1.29 is 4.79 Å². The molecule has 3 heterocycles. The van der Waals surface area contributed by atoms with Gasteiger partial charge in [-0.05, 0) is 75.7 Å². The molecule has 4 aliphatic rings. The summed E-state index contributed by atoms with van der Waals surface area (Å²) >= 11 is 0. The average molecular weight is 368 g/mol. The molecule has 4 heteroatoms. The molecule has 27 heavy (non-hydrogen) atoms. The monoisotopic (exact) mass is 367 g/mol. The summed E-state index contributed by atoms with van der Waals surface area (Å²) in [6.45, 7) is 6.66. The third kappa shape index (κ3) is 3.54. The van der Waals surface area contributed by atoms with Gasteiger partial charge in [0.25, 0.3) is 0 Å². The number of amides is 1. The van der Waals surface area contributed by atoms with Crippen LogP contribution in [-0.2, 0) is 17.6 Å². The second-order valence-electron chi connectivity index (χ2n) is 9.11. The Morgan fingerprint density at radius 1 is 0.778 bits per heavy atom. The van der Waals surface area contributed by atoms with Gasteiger partial charge in [-0.1, -0.05) is 24.3 Å². The highest BCUT2D eigenvalue weighted by Gasteiger charge is 2.36. The van der Waals surface area contributed by atoms with Crippen molar-refractivity contribution in [3.05, 3.63) is 35.4 Å². The summed E-state index contributed by atoms with van der Waals surface area (Å²) in [5.74, 6) is 0.702. The molecule has 0 bridgehead atoms. The fourth-order valence-electron chi connectivity index (χ4n) is 5.74. The molecule has 0 aromatic heterocycles. The summed E-state index contributed by atoms with van der Waals surface area (Å²) in [6, 6.07) is 10.4. The molecular weight excluding hydrogens is 334 g/mol. The van der Waals surface area contributed by atoms with E-state index in [1.807, 2.05) is 0 Å². The van der Waals surface area contributed by atoms with Gasteiger partial charge in [0, 0.05) is 31.7 Å². The summed E-state index contributed by atoms with van der Waals surface area (Å²) in [6.07, 6.45) is 8.52. The van der Waals surface area contributed by atoms with Crippen molar-refractivity contribution in [2.45, 2.75) is 57.0 Å². The number of rotatable bonds is 3. The zero-order chi connectivity index (χ0) is 18.2. The molecule has 3 fully saturated rings. The highest BCUT2D eigenvalue weighted by atomic mass is 16.2. The van der Waals surface area contributed by atoms with E-state index in [-0.39, 0.29) is 5.92 Å². The summed E-state index contributed by atoms with van der Waals surface area (Å²) < 4.78 is 0. The molecule has 1 amide bonds. The maximum Gasteiger partial charge on any atom is 0.226 e. The van der Waals surface area contributed by atoms with E-state index in [2.05, 4.69) is 39.0 Å². The Bertz CT molecular complexity index is 653. The number of piperidine rings is 2. The first-order valence-electron chi connectivity index (χ1n) is 11.1. The minimum absolute atomic E-state index is 0.265. The van der Waals surface area contributed by atoms with Crippen LogP contribution in [0.15, 0.2) is 24.3 Å². The number of likely N-dealkylation sites (tertiary alicyclic amines) is 3. The van der Waals surface area contributed by atoms with Gasteiger partial charge < -0.3 is 4.90 Å². The molecule has 3 aliphatic heterocycles. The Kier molecular flexibility index (Phi) is 4.95. The Labute approximate surface area is 163 Å².